The zero-order chi connectivity index (χ0) is 16.6. The molecule has 0 heterocycles. The van der Waals surface area contributed by atoms with Gasteiger partial charge in [-0.05, 0) is 86.4 Å². The Morgan fingerprint density at radius 2 is 1.70 bits per heavy atom. The zero-order valence-electron chi connectivity index (χ0n) is 15.4. The van der Waals surface area contributed by atoms with Crippen LogP contribution in [0.5, 0.6) is 0 Å². The van der Waals surface area contributed by atoms with E-state index in [2.05, 4.69) is 27.7 Å². The maximum absolute atomic E-state index is 12.2. The number of ketones is 1. The summed E-state index contributed by atoms with van der Waals surface area (Å²) in [6.07, 6.45) is 9.11. The highest BCUT2D eigenvalue weighted by Gasteiger charge is 2.63. The van der Waals surface area contributed by atoms with Gasteiger partial charge in [0.1, 0.15) is 5.78 Å². The molecule has 0 aliphatic heterocycles. The van der Waals surface area contributed by atoms with Gasteiger partial charge in [0, 0.05) is 12.3 Å². The Morgan fingerprint density at radius 3 is 2.43 bits per heavy atom. The summed E-state index contributed by atoms with van der Waals surface area (Å²) in [6.45, 7) is 9.11. The third kappa shape index (κ3) is 2.00. The molecule has 1 N–H and O–H groups in total. The van der Waals surface area contributed by atoms with E-state index in [1.165, 1.54) is 32.1 Å². The van der Waals surface area contributed by atoms with Crippen LogP contribution in [0.2, 0.25) is 0 Å². The minimum Gasteiger partial charge on any atom is -0.390 e. The Morgan fingerprint density at radius 1 is 1.00 bits per heavy atom. The molecule has 4 aliphatic carbocycles. The van der Waals surface area contributed by atoms with Crippen LogP contribution in [-0.2, 0) is 4.79 Å². The minimum absolute atomic E-state index is 0.119. The highest BCUT2D eigenvalue weighted by Crippen LogP contribution is 2.68. The third-order valence-corrected chi connectivity index (χ3v) is 9.37. The van der Waals surface area contributed by atoms with E-state index in [9.17, 15) is 9.90 Å². The molecule has 0 unspecified atom stereocenters. The first-order chi connectivity index (χ1) is 10.7. The molecule has 4 rings (SSSR count). The lowest BCUT2D eigenvalue weighted by molar-refractivity contribution is -0.158. The smallest absolute Gasteiger partial charge is 0.136 e. The van der Waals surface area contributed by atoms with Crippen molar-refractivity contribution in [3.8, 4) is 0 Å². The van der Waals surface area contributed by atoms with Crippen molar-refractivity contribution in [1.29, 1.82) is 0 Å². The van der Waals surface area contributed by atoms with Crippen LogP contribution in [0.25, 0.3) is 0 Å². The molecule has 4 aliphatic rings. The normalized spacial score (nSPS) is 59.2. The average Bonchev–Trinajstić information content (AvgIpc) is 2.71. The van der Waals surface area contributed by atoms with Crippen molar-refractivity contribution in [3.05, 3.63) is 0 Å². The number of rotatable bonds is 0. The number of aliphatic hydroxyl groups is 1. The van der Waals surface area contributed by atoms with Gasteiger partial charge in [0.2, 0.25) is 0 Å². The first-order valence-corrected chi connectivity index (χ1v) is 9.94. The molecule has 0 aromatic heterocycles. The van der Waals surface area contributed by atoms with Crippen molar-refractivity contribution in [2.45, 2.75) is 84.7 Å². The Labute approximate surface area is 141 Å². The van der Waals surface area contributed by atoms with E-state index in [4.69, 9.17) is 0 Å². The van der Waals surface area contributed by atoms with Gasteiger partial charge in [-0.15, -0.1) is 0 Å². The van der Waals surface area contributed by atoms with Crippen LogP contribution in [0, 0.1) is 40.4 Å². The number of hydrogen-bond acceptors (Lipinski definition) is 2. The molecule has 8 atom stereocenters. The van der Waals surface area contributed by atoms with Gasteiger partial charge in [0.05, 0.1) is 5.60 Å². The standard InChI is InChI=1S/C21H34O2/c1-13-12-19(2)14(11-18(13)22)5-6-15-16(19)7-9-20(3)17(15)8-10-21(20,4)23/h13-17,23H,5-12H2,1-4H3/t13-,14-,15-,16+,17+,19-,20-,21-/m0/s1. The molecule has 4 saturated carbocycles. The van der Waals surface area contributed by atoms with E-state index in [0.29, 0.717) is 23.0 Å². The van der Waals surface area contributed by atoms with Crippen LogP contribution in [-0.4, -0.2) is 16.5 Å². The summed E-state index contributed by atoms with van der Waals surface area (Å²) in [5, 5.41) is 11.0. The first kappa shape index (κ1) is 16.1. The molecular formula is C21H34O2. The molecule has 0 spiro atoms. The number of hydrogen-bond donors (Lipinski definition) is 1. The first-order valence-electron chi connectivity index (χ1n) is 9.94. The summed E-state index contributed by atoms with van der Waals surface area (Å²) in [7, 11) is 0. The largest absolute Gasteiger partial charge is 0.390 e. The monoisotopic (exact) mass is 318 g/mol. The fourth-order valence-corrected chi connectivity index (χ4v) is 7.65. The fraction of sp³-hybridized carbons (Fsp3) is 0.952. The third-order valence-electron chi connectivity index (χ3n) is 9.37. The summed E-state index contributed by atoms with van der Waals surface area (Å²) in [4.78, 5) is 12.2. The maximum atomic E-state index is 12.2. The van der Waals surface area contributed by atoms with Crippen LogP contribution in [0.1, 0.15) is 79.1 Å². The summed E-state index contributed by atoms with van der Waals surface area (Å²) in [6, 6.07) is 0. The van der Waals surface area contributed by atoms with Crippen molar-refractivity contribution in [1.82, 2.24) is 0 Å². The average molecular weight is 319 g/mol. The van der Waals surface area contributed by atoms with E-state index in [-0.39, 0.29) is 11.3 Å². The van der Waals surface area contributed by atoms with E-state index in [1.807, 2.05) is 0 Å². The minimum atomic E-state index is -0.476. The van der Waals surface area contributed by atoms with Crippen molar-refractivity contribution in [3.63, 3.8) is 0 Å². The fourth-order valence-electron chi connectivity index (χ4n) is 7.65. The molecule has 0 amide bonds. The van der Waals surface area contributed by atoms with Gasteiger partial charge < -0.3 is 5.11 Å². The number of carbonyl (C=O) groups excluding carboxylic acids is 1. The van der Waals surface area contributed by atoms with E-state index in [0.717, 1.165) is 31.1 Å². The predicted octanol–water partition coefficient (Wildman–Crippen LogP) is 4.60. The molecule has 4 fully saturated rings. The SMILES string of the molecule is C[C@H]1C[C@@]2(C)[C@@H](CC[C@H]3[C@H]2CC[C@@]2(C)[C@@H]3CC[C@]2(C)O)CC1=O. The molecule has 23 heavy (non-hydrogen) atoms. The second-order valence-corrected chi connectivity index (χ2v) is 10.2. The van der Waals surface area contributed by atoms with Crippen LogP contribution in [0.4, 0.5) is 0 Å². The van der Waals surface area contributed by atoms with Crippen molar-refractivity contribution in [2.24, 2.45) is 40.4 Å². The second-order valence-electron chi connectivity index (χ2n) is 10.2. The highest BCUT2D eigenvalue weighted by molar-refractivity contribution is 5.82. The molecule has 0 aromatic rings. The van der Waals surface area contributed by atoms with Crippen LogP contribution < -0.4 is 0 Å². The lowest BCUT2D eigenvalue weighted by atomic mass is 9.44. The molecule has 0 radical (unpaired) electrons. The van der Waals surface area contributed by atoms with Gasteiger partial charge in [-0.2, -0.15) is 0 Å². The lowest BCUT2D eigenvalue weighted by Crippen LogP contribution is -2.56. The molecule has 2 heteroatoms. The predicted molar refractivity (Wildman–Crippen MR) is 91.9 cm³/mol. The maximum Gasteiger partial charge on any atom is 0.136 e. The quantitative estimate of drug-likeness (QED) is 0.709. The van der Waals surface area contributed by atoms with Gasteiger partial charge in [-0.25, -0.2) is 0 Å². The van der Waals surface area contributed by atoms with Crippen LogP contribution in [0.3, 0.4) is 0 Å². The summed E-state index contributed by atoms with van der Waals surface area (Å²) in [5.74, 6) is 3.65. The van der Waals surface area contributed by atoms with Gasteiger partial charge in [0.15, 0.2) is 0 Å². The lowest BCUT2D eigenvalue weighted by Gasteiger charge is -2.61. The zero-order valence-corrected chi connectivity index (χ0v) is 15.4. The summed E-state index contributed by atoms with van der Waals surface area (Å²) in [5.41, 5.74) is 0.00962. The summed E-state index contributed by atoms with van der Waals surface area (Å²) >= 11 is 0. The second kappa shape index (κ2) is 4.84. The molecule has 2 nitrogen and oxygen atoms in total. The van der Waals surface area contributed by atoms with Crippen molar-refractivity contribution >= 4 is 5.78 Å². The summed E-state index contributed by atoms with van der Waals surface area (Å²) < 4.78 is 0. The number of Topliss-reactive ketones (excluding diaryl/α,β-unsaturated/α-hetero) is 1. The molecule has 0 bridgehead atoms. The topological polar surface area (TPSA) is 37.3 Å². The Kier molecular flexibility index (Phi) is 3.39. The van der Waals surface area contributed by atoms with Crippen LogP contribution >= 0.6 is 0 Å². The molecular weight excluding hydrogens is 284 g/mol. The molecule has 0 aromatic carbocycles. The van der Waals surface area contributed by atoms with Gasteiger partial charge in [-0.3, -0.25) is 4.79 Å². The van der Waals surface area contributed by atoms with Gasteiger partial charge >= 0.3 is 0 Å². The number of carbonyl (C=O) groups is 1. The molecule has 0 saturated heterocycles. The van der Waals surface area contributed by atoms with E-state index in [1.54, 1.807) is 0 Å². The van der Waals surface area contributed by atoms with E-state index >= 15 is 0 Å². The Balaban J connectivity index is 1.66. The van der Waals surface area contributed by atoms with Crippen molar-refractivity contribution in [2.75, 3.05) is 0 Å². The Hall–Kier alpha value is -0.370. The van der Waals surface area contributed by atoms with Crippen LogP contribution in [0.15, 0.2) is 0 Å². The molecule has 130 valence electrons. The Bertz CT molecular complexity index is 524. The van der Waals surface area contributed by atoms with Gasteiger partial charge in [0.25, 0.3) is 0 Å². The van der Waals surface area contributed by atoms with E-state index < -0.39 is 5.60 Å². The highest BCUT2D eigenvalue weighted by atomic mass is 16.3. The van der Waals surface area contributed by atoms with Gasteiger partial charge in [-0.1, -0.05) is 20.8 Å². The van der Waals surface area contributed by atoms with Crippen molar-refractivity contribution < 1.29 is 9.90 Å². The number of fused-ring (bicyclic) bond motifs is 5.